The first kappa shape index (κ1) is 27.4. The number of ether oxygens (including phenoxy) is 4. The molecule has 1 aromatic heterocycles. The van der Waals surface area contributed by atoms with Crippen LogP contribution < -0.4 is 24.4 Å². The van der Waals surface area contributed by atoms with E-state index in [0.29, 0.717) is 12.0 Å². The smallest absolute Gasteiger partial charge is 0.344 e. The van der Waals surface area contributed by atoms with Gasteiger partial charge in [0.2, 0.25) is 28.4 Å². The van der Waals surface area contributed by atoms with Gasteiger partial charge in [-0.2, -0.15) is 0 Å². The SMILES string of the molecule is CCCC(Oc1c2c(O)c3c(=O)c(c(-c4ccccc4)oc3c1OC)OC(=O)C(O)C(O)C(=O)O2)N1CCCC1. The Morgan fingerprint density at radius 3 is 2.20 bits per heavy atom. The standard InChI is InChI=1S/C28H29NO11/c1-3-9-15(29-12-7-8-13-29)37-26-24-18(31)16-17(30)23(39-27(34)19(32)20(33)28(35)40-24)21(14-10-5-4-6-11-14)38-22(16)25(26)36-2/h4-6,10-11,15,19-20,31-33H,3,7-9,12-13H2,1-2H3. The molecule has 3 atom stereocenters. The Balaban J connectivity index is 1.84. The van der Waals surface area contributed by atoms with Crippen molar-refractivity contribution in [3.63, 3.8) is 0 Å². The van der Waals surface area contributed by atoms with Crippen molar-refractivity contribution in [2.75, 3.05) is 20.2 Å². The Morgan fingerprint density at radius 1 is 0.975 bits per heavy atom. The summed E-state index contributed by atoms with van der Waals surface area (Å²) in [6.07, 6.45) is -2.14. The lowest BCUT2D eigenvalue weighted by Crippen LogP contribution is -2.44. The summed E-state index contributed by atoms with van der Waals surface area (Å²) in [5.41, 5.74) is -0.952. The first-order valence-electron chi connectivity index (χ1n) is 13.0. The molecule has 0 amide bonds. The number of likely N-dealkylation sites (tertiary alicyclic amines) is 1. The van der Waals surface area contributed by atoms with Crippen LogP contribution in [0.4, 0.5) is 0 Å². The molecule has 3 bridgehead atoms. The fourth-order valence-corrected chi connectivity index (χ4v) is 4.89. The average molecular weight is 556 g/mol. The highest BCUT2D eigenvalue weighted by Gasteiger charge is 2.40. The summed E-state index contributed by atoms with van der Waals surface area (Å²) in [4.78, 5) is 41.4. The van der Waals surface area contributed by atoms with Crippen LogP contribution >= 0.6 is 0 Å². The zero-order chi connectivity index (χ0) is 28.6. The number of aliphatic hydroxyl groups excluding tert-OH is 2. The Labute approximate surface area is 228 Å². The minimum Gasteiger partial charge on any atom is -0.504 e. The van der Waals surface area contributed by atoms with Crippen molar-refractivity contribution in [3.05, 3.63) is 40.6 Å². The maximum atomic E-state index is 13.8. The normalized spacial score (nSPS) is 20.3. The number of phenolic OH excluding ortho intramolecular Hbond substituents is 1. The number of nitrogens with zero attached hydrogens (tertiary/aromatic N) is 1. The van der Waals surface area contributed by atoms with Gasteiger partial charge in [0.15, 0.2) is 35.5 Å². The van der Waals surface area contributed by atoms with Crippen LogP contribution in [-0.4, -0.2) is 70.8 Å². The van der Waals surface area contributed by atoms with Crippen molar-refractivity contribution < 1.29 is 48.3 Å². The molecule has 5 rings (SSSR count). The number of hydrogen-bond donors (Lipinski definition) is 3. The molecule has 0 saturated carbocycles. The van der Waals surface area contributed by atoms with E-state index in [0.717, 1.165) is 32.4 Å². The van der Waals surface area contributed by atoms with Crippen molar-refractivity contribution in [1.82, 2.24) is 4.90 Å². The second kappa shape index (κ2) is 11.2. The van der Waals surface area contributed by atoms with Gasteiger partial charge in [-0.25, -0.2) is 9.59 Å². The van der Waals surface area contributed by atoms with Crippen molar-refractivity contribution in [3.8, 4) is 40.1 Å². The van der Waals surface area contributed by atoms with Crippen LogP contribution in [0.2, 0.25) is 0 Å². The fourth-order valence-electron chi connectivity index (χ4n) is 4.89. The highest BCUT2D eigenvalue weighted by Crippen LogP contribution is 2.52. The molecule has 3 N–H and O–H groups in total. The van der Waals surface area contributed by atoms with E-state index in [1.165, 1.54) is 7.11 Å². The summed E-state index contributed by atoms with van der Waals surface area (Å²) in [7, 11) is 1.28. The molecular formula is C28H29NO11. The van der Waals surface area contributed by atoms with Gasteiger partial charge in [0, 0.05) is 18.7 Å². The summed E-state index contributed by atoms with van der Waals surface area (Å²) in [6, 6.07) is 8.20. The molecule has 2 aliphatic rings. The fraction of sp³-hybridized carbons (Fsp3) is 0.393. The Kier molecular flexibility index (Phi) is 7.66. The van der Waals surface area contributed by atoms with Gasteiger partial charge in [-0.15, -0.1) is 0 Å². The molecule has 1 fully saturated rings. The zero-order valence-corrected chi connectivity index (χ0v) is 21.9. The Bertz CT molecular complexity index is 1490. The average Bonchev–Trinajstić information content (AvgIpc) is 3.50. The molecule has 3 aromatic rings. The van der Waals surface area contributed by atoms with Gasteiger partial charge in [-0.1, -0.05) is 43.7 Å². The maximum Gasteiger partial charge on any atom is 0.344 e. The lowest BCUT2D eigenvalue weighted by molar-refractivity contribution is -0.162. The van der Waals surface area contributed by atoms with E-state index < -0.39 is 58.4 Å². The molecule has 3 heterocycles. The Hall–Kier alpha value is -4.13. The molecule has 12 heteroatoms. The second-order valence-corrected chi connectivity index (χ2v) is 9.54. The number of phenols is 1. The second-order valence-electron chi connectivity index (χ2n) is 9.54. The monoisotopic (exact) mass is 555 g/mol. The highest BCUT2D eigenvalue weighted by molar-refractivity contribution is 5.99. The highest BCUT2D eigenvalue weighted by atomic mass is 16.6. The quantitative estimate of drug-likeness (QED) is 0.288. The van der Waals surface area contributed by atoms with E-state index in [1.807, 2.05) is 6.92 Å². The molecule has 2 aromatic carbocycles. The predicted molar refractivity (Wildman–Crippen MR) is 140 cm³/mol. The van der Waals surface area contributed by atoms with Crippen molar-refractivity contribution in [2.45, 2.75) is 51.0 Å². The minimum atomic E-state index is -2.42. The van der Waals surface area contributed by atoms with Gasteiger partial charge in [-0.05, 0) is 19.3 Å². The molecule has 12 nitrogen and oxygen atoms in total. The van der Waals surface area contributed by atoms with Gasteiger partial charge in [0.1, 0.15) is 5.39 Å². The summed E-state index contributed by atoms with van der Waals surface area (Å²) in [5.74, 6) is -5.83. The number of aliphatic hydroxyl groups is 2. The van der Waals surface area contributed by atoms with E-state index in [9.17, 15) is 29.7 Å². The van der Waals surface area contributed by atoms with Crippen LogP contribution in [0.15, 0.2) is 39.5 Å². The van der Waals surface area contributed by atoms with Crippen LogP contribution in [0.1, 0.15) is 32.6 Å². The number of carbonyl (C=O) groups is 2. The third kappa shape index (κ3) is 4.74. The molecule has 1 saturated heterocycles. The third-order valence-corrected chi connectivity index (χ3v) is 6.91. The topological polar surface area (TPSA) is 165 Å². The largest absolute Gasteiger partial charge is 0.504 e. The number of methoxy groups -OCH3 is 1. The van der Waals surface area contributed by atoms with E-state index in [-0.39, 0.29) is 22.8 Å². The number of fused-ring (bicyclic) bond motifs is 2. The van der Waals surface area contributed by atoms with Crippen molar-refractivity contribution >= 4 is 22.9 Å². The summed E-state index contributed by atoms with van der Waals surface area (Å²) in [5, 5.41) is 31.6. The van der Waals surface area contributed by atoms with Gasteiger partial charge < -0.3 is 38.7 Å². The summed E-state index contributed by atoms with van der Waals surface area (Å²) < 4.78 is 28.5. The number of rotatable bonds is 7. The lowest BCUT2D eigenvalue weighted by atomic mass is 10.1. The first-order valence-corrected chi connectivity index (χ1v) is 13.0. The number of esters is 2. The van der Waals surface area contributed by atoms with Gasteiger partial charge >= 0.3 is 11.9 Å². The van der Waals surface area contributed by atoms with Crippen LogP contribution in [-0.2, 0) is 9.59 Å². The maximum absolute atomic E-state index is 13.8. The number of hydrogen-bond acceptors (Lipinski definition) is 12. The Morgan fingerprint density at radius 2 is 1.60 bits per heavy atom. The zero-order valence-electron chi connectivity index (χ0n) is 21.9. The molecule has 3 unspecified atom stereocenters. The molecular weight excluding hydrogens is 526 g/mol. The van der Waals surface area contributed by atoms with E-state index in [4.69, 9.17) is 23.4 Å². The van der Waals surface area contributed by atoms with Crippen molar-refractivity contribution in [2.24, 2.45) is 0 Å². The molecule has 0 radical (unpaired) electrons. The first-order chi connectivity index (χ1) is 19.3. The van der Waals surface area contributed by atoms with Gasteiger partial charge in [0.05, 0.1) is 7.11 Å². The number of benzene rings is 2. The molecule has 212 valence electrons. The van der Waals surface area contributed by atoms with E-state index in [2.05, 4.69) is 4.90 Å². The predicted octanol–water partition coefficient (Wildman–Crippen LogP) is 2.32. The third-order valence-electron chi connectivity index (χ3n) is 6.91. The van der Waals surface area contributed by atoms with Crippen LogP contribution in [0.3, 0.4) is 0 Å². The minimum absolute atomic E-state index is 0.169. The van der Waals surface area contributed by atoms with E-state index in [1.54, 1.807) is 30.3 Å². The van der Waals surface area contributed by atoms with Crippen LogP contribution in [0.5, 0.6) is 28.7 Å². The lowest BCUT2D eigenvalue weighted by Gasteiger charge is -2.29. The summed E-state index contributed by atoms with van der Waals surface area (Å²) >= 11 is 0. The van der Waals surface area contributed by atoms with Gasteiger partial charge in [-0.3, -0.25) is 9.69 Å². The number of carbonyl (C=O) groups excluding carboxylic acids is 2. The van der Waals surface area contributed by atoms with Gasteiger partial charge in [0.25, 0.3) is 0 Å². The van der Waals surface area contributed by atoms with Crippen LogP contribution in [0.25, 0.3) is 22.3 Å². The molecule has 0 spiro atoms. The molecule has 40 heavy (non-hydrogen) atoms. The number of aromatic hydroxyl groups is 1. The van der Waals surface area contributed by atoms with Crippen molar-refractivity contribution in [1.29, 1.82) is 0 Å². The van der Waals surface area contributed by atoms with Crippen LogP contribution in [0, 0.1) is 0 Å². The summed E-state index contributed by atoms with van der Waals surface area (Å²) in [6.45, 7) is 3.48. The van der Waals surface area contributed by atoms with E-state index >= 15 is 0 Å². The molecule has 2 aliphatic heterocycles. The molecule has 0 aliphatic carbocycles.